The summed E-state index contributed by atoms with van der Waals surface area (Å²) in [4.78, 5) is 26.8. The maximum Gasteiger partial charge on any atom is 0.416 e. The van der Waals surface area contributed by atoms with Gasteiger partial charge in [-0.3, -0.25) is 14.5 Å². The minimum Gasteiger partial charge on any atom is -0.350 e. The summed E-state index contributed by atoms with van der Waals surface area (Å²) in [6.45, 7) is 2.67. The van der Waals surface area contributed by atoms with Crippen LogP contribution in [-0.2, 0) is 20.4 Å². The number of carbonyl (C=O) groups excluding carboxylic acids is 2. The number of likely N-dealkylation sites (tertiary alicyclic amines) is 1. The smallest absolute Gasteiger partial charge is 0.350 e. The largest absolute Gasteiger partial charge is 0.416 e. The zero-order valence-electron chi connectivity index (χ0n) is 17.7. The van der Waals surface area contributed by atoms with E-state index in [2.05, 4.69) is 15.5 Å². The molecule has 176 valence electrons. The fourth-order valence-corrected chi connectivity index (χ4v) is 4.81. The normalized spacial score (nSPS) is 24.0. The molecule has 0 aromatic heterocycles. The van der Waals surface area contributed by atoms with E-state index in [-0.39, 0.29) is 29.8 Å². The summed E-state index contributed by atoms with van der Waals surface area (Å²) in [5.41, 5.74) is -1.04. The standard InChI is InChI=1S/C22H28F3N3O4/c23-22(24,25)16-3-1-2-15(12-16)20(30)26-13-19(29)27-17-6-9-28(14-17)18-4-7-21(8-5-18)31-10-11-32-21/h1-3,12,17-18H,4-11,13-14H2,(H,26,30)(H,27,29). The maximum absolute atomic E-state index is 12.8. The van der Waals surface area contributed by atoms with Gasteiger partial charge in [-0.2, -0.15) is 13.2 Å². The van der Waals surface area contributed by atoms with E-state index in [1.807, 2.05) is 0 Å². The number of carbonyl (C=O) groups is 2. The minimum absolute atomic E-state index is 0.0113. The van der Waals surface area contributed by atoms with Gasteiger partial charge in [0.25, 0.3) is 5.91 Å². The zero-order chi connectivity index (χ0) is 22.8. The number of hydrogen-bond donors (Lipinski definition) is 2. The molecular formula is C22H28F3N3O4. The van der Waals surface area contributed by atoms with Crippen molar-refractivity contribution < 1.29 is 32.2 Å². The summed E-state index contributed by atoms with van der Waals surface area (Å²) >= 11 is 0. The molecule has 1 aromatic rings. The summed E-state index contributed by atoms with van der Waals surface area (Å²) in [6, 6.07) is 4.56. The Labute approximate surface area is 184 Å². The van der Waals surface area contributed by atoms with Crippen LogP contribution in [0.15, 0.2) is 24.3 Å². The Kier molecular flexibility index (Phi) is 6.73. The summed E-state index contributed by atoms with van der Waals surface area (Å²) in [5, 5.41) is 5.31. The van der Waals surface area contributed by atoms with Crippen molar-refractivity contribution in [2.45, 2.75) is 56.2 Å². The lowest BCUT2D eigenvalue weighted by atomic mass is 9.89. The number of nitrogens with zero attached hydrogens (tertiary/aromatic N) is 1. The monoisotopic (exact) mass is 455 g/mol. The van der Waals surface area contributed by atoms with Gasteiger partial charge in [-0.25, -0.2) is 0 Å². The Bertz CT molecular complexity index is 832. The molecule has 1 spiro atoms. The molecule has 32 heavy (non-hydrogen) atoms. The van der Waals surface area contributed by atoms with E-state index in [1.165, 1.54) is 12.1 Å². The van der Waals surface area contributed by atoms with Gasteiger partial charge in [-0.1, -0.05) is 6.07 Å². The molecule has 1 aliphatic carbocycles. The average Bonchev–Trinajstić information content (AvgIpc) is 3.42. The van der Waals surface area contributed by atoms with Crippen molar-refractivity contribution in [3.8, 4) is 0 Å². The van der Waals surface area contributed by atoms with Crippen molar-refractivity contribution in [3.05, 3.63) is 35.4 Å². The zero-order valence-corrected chi connectivity index (χ0v) is 17.7. The molecule has 1 atom stereocenters. The average molecular weight is 455 g/mol. The number of rotatable bonds is 5. The van der Waals surface area contributed by atoms with Gasteiger partial charge in [-0.15, -0.1) is 0 Å². The van der Waals surface area contributed by atoms with Gasteiger partial charge < -0.3 is 20.1 Å². The van der Waals surface area contributed by atoms with Gasteiger partial charge in [0.2, 0.25) is 5.91 Å². The molecule has 0 radical (unpaired) electrons. The fourth-order valence-electron chi connectivity index (χ4n) is 4.81. The lowest BCUT2D eigenvalue weighted by Crippen LogP contribution is -2.46. The van der Waals surface area contributed by atoms with Crippen molar-refractivity contribution in [1.82, 2.24) is 15.5 Å². The van der Waals surface area contributed by atoms with Gasteiger partial charge in [0.05, 0.1) is 25.3 Å². The van der Waals surface area contributed by atoms with Gasteiger partial charge >= 0.3 is 6.18 Å². The molecule has 1 saturated carbocycles. The molecule has 4 rings (SSSR count). The molecule has 2 heterocycles. The number of amides is 2. The molecule has 1 aromatic carbocycles. The maximum atomic E-state index is 12.8. The van der Waals surface area contributed by atoms with Crippen LogP contribution in [0, 0.1) is 0 Å². The summed E-state index contributed by atoms with van der Waals surface area (Å²) in [6.07, 6.45) is 0.0426. The molecule has 3 fully saturated rings. The van der Waals surface area contributed by atoms with E-state index < -0.39 is 17.6 Å². The van der Waals surface area contributed by atoms with Crippen molar-refractivity contribution in [2.24, 2.45) is 0 Å². The van der Waals surface area contributed by atoms with E-state index in [4.69, 9.17) is 9.47 Å². The van der Waals surface area contributed by atoms with Gasteiger partial charge in [0.15, 0.2) is 5.79 Å². The molecule has 3 aliphatic rings. The van der Waals surface area contributed by atoms with Crippen LogP contribution in [0.4, 0.5) is 13.2 Å². The Morgan fingerprint density at radius 3 is 2.53 bits per heavy atom. The predicted octanol–water partition coefficient (Wildman–Crippen LogP) is 2.31. The highest BCUT2D eigenvalue weighted by Gasteiger charge is 2.42. The Morgan fingerprint density at radius 1 is 1.12 bits per heavy atom. The molecule has 2 N–H and O–H groups in total. The lowest BCUT2D eigenvalue weighted by molar-refractivity contribution is -0.183. The Morgan fingerprint density at radius 2 is 1.84 bits per heavy atom. The van der Waals surface area contributed by atoms with E-state index in [0.29, 0.717) is 19.3 Å². The van der Waals surface area contributed by atoms with Crippen LogP contribution in [0.3, 0.4) is 0 Å². The molecule has 7 nitrogen and oxygen atoms in total. The summed E-state index contributed by atoms with van der Waals surface area (Å²) in [5.74, 6) is -1.46. The third-order valence-corrected chi connectivity index (χ3v) is 6.49. The van der Waals surface area contributed by atoms with E-state index in [9.17, 15) is 22.8 Å². The van der Waals surface area contributed by atoms with Crippen LogP contribution < -0.4 is 10.6 Å². The molecule has 2 amide bonds. The number of hydrogen-bond acceptors (Lipinski definition) is 5. The SMILES string of the molecule is O=C(CNC(=O)c1cccc(C(F)(F)F)c1)NC1CCN(C2CCC3(CC2)OCCO3)C1. The quantitative estimate of drug-likeness (QED) is 0.713. The van der Waals surface area contributed by atoms with E-state index >= 15 is 0 Å². The minimum atomic E-state index is -4.53. The third kappa shape index (κ3) is 5.41. The van der Waals surface area contributed by atoms with Crippen LogP contribution >= 0.6 is 0 Å². The Hall–Kier alpha value is -2.17. The van der Waals surface area contributed by atoms with Crippen LogP contribution in [-0.4, -0.2) is 67.4 Å². The molecule has 10 heteroatoms. The number of ether oxygens (including phenoxy) is 2. The lowest BCUT2D eigenvalue weighted by Gasteiger charge is -2.39. The highest BCUT2D eigenvalue weighted by molar-refractivity contribution is 5.96. The first-order valence-corrected chi connectivity index (χ1v) is 11.0. The second kappa shape index (κ2) is 9.36. The topological polar surface area (TPSA) is 79.9 Å². The van der Waals surface area contributed by atoms with Crippen molar-refractivity contribution in [1.29, 1.82) is 0 Å². The number of halogens is 3. The summed E-state index contributed by atoms with van der Waals surface area (Å²) < 4.78 is 50.0. The summed E-state index contributed by atoms with van der Waals surface area (Å²) in [7, 11) is 0. The fraction of sp³-hybridized carbons (Fsp3) is 0.636. The number of alkyl halides is 3. The van der Waals surface area contributed by atoms with Crippen LogP contribution in [0.25, 0.3) is 0 Å². The van der Waals surface area contributed by atoms with Gasteiger partial charge in [0.1, 0.15) is 0 Å². The van der Waals surface area contributed by atoms with Crippen LogP contribution in [0.2, 0.25) is 0 Å². The second-order valence-electron chi connectivity index (χ2n) is 8.65. The van der Waals surface area contributed by atoms with E-state index in [1.54, 1.807) is 0 Å². The van der Waals surface area contributed by atoms with Gasteiger partial charge in [0, 0.05) is 43.6 Å². The van der Waals surface area contributed by atoms with Gasteiger partial charge in [-0.05, 0) is 37.5 Å². The number of benzene rings is 1. The Balaban J connectivity index is 1.19. The van der Waals surface area contributed by atoms with Crippen LogP contribution in [0.5, 0.6) is 0 Å². The molecule has 2 aliphatic heterocycles. The third-order valence-electron chi connectivity index (χ3n) is 6.49. The molecule has 1 unspecified atom stereocenters. The number of nitrogens with one attached hydrogen (secondary N) is 2. The first-order valence-electron chi connectivity index (χ1n) is 11.0. The predicted molar refractivity (Wildman–Crippen MR) is 109 cm³/mol. The highest BCUT2D eigenvalue weighted by atomic mass is 19.4. The molecule has 0 bridgehead atoms. The van der Waals surface area contributed by atoms with E-state index in [0.717, 1.165) is 57.3 Å². The molecule has 2 saturated heterocycles. The van der Waals surface area contributed by atoms with Crippen molar-refractivity contribution in [3.63, 3.8) is 0 Å². The highest BCUT2D eigenvalue weighted by Crippen LogP contribution is 2.38. The second-order valence-corrected chi connectivity index (χ2v) is 8.65. The van der Waals surface area contributed by atoms with Crippen molar-refractivity contribution in [2.75, 3.05) is 32.8 Å². The van der Waals surface area contributed by atoms with Crippen LogP contribution in [0.1, 0.15) is 48.0 Å². The first kappa shape index (κ1) is 23.0. The first-order chi connectivity index (χ1) is 15.2. The van der Waals surface area contributed by atoms with Crippen molar-refractivity contribution >= 4 is 11.8 Å². The molecular weight excluding hydrogens is 427 g/mol.